The molecule has 1 atom stereocenters. The molecule has 2 aliphatic heterocycles. The van der Waals surface area contributed by atoms with Gasteiger partial charge in [0.05, 0.1) is 43.5 Å². The standard InChI is InChI=1S/C34H39Cl2N3O6/c1-23(40)37-33(25-8-6-5-7-9-25)12-15-38(16-13-33)17-14-34(26-10-11-27(35)28(36)20-26)21-39(22-45-34)32(41)24-18-29(42-2)31(44-4)30(19-24)43-3/h5-11,18-20H,12-17,21-22H2,1-4H3,(H,37,40)/t34-/m0/s1. The summed E-state index contributed by atoms with van der Waals surface area (Å²) in [4.78, 5) is 30.1. The van der Waals surface area contributed by atoms with E-state index in [0.717, 1.165) is 43.6 Å². The molecule has 2 saturated heterocycles. The largest absolute Gasteiger partial charge is 0.493 e. The van der Waals surface area contributed by atoms with Gasteiger partial charge in [-0.25, -0.2) is 0 Å². The van der Waals surface area contributed by atoms with Gasteiger partial charge in [0.2, 0.25) is 11.7 Å². The third kappa shape index (κ3) is 6.87. The number of nitrogens with one attached hydrogen (secondary N) is 1. The predicted octanol–water partition coefficient (Wildman–Crippen LogP) is 5.86. The molecule has 1 N–H and O–H groups in total. The molecule has 9 nitrogen and oxygen atoms in total. The minimum atomic E-state index is -0.809. The van der Waals surface area contributed by atoms with E-state index in [0.29, 0.717) is 45.8 Å². The maximum absolute atomic E-state index is 13.8. The van der Waals surface area contributed by atoms with Gasteiger partial charge < -0.3 is 34.1 Å². The van der Waals surface area contributed by atoms with E-state index in [-0.39, 0.29) is 18.5 Å². The summed E-state index contributed by atoms with van der Waals surface area (Å²) in [6.45, 7) is 4.28. The number of carbonyl (C=O) groups excluding carboxylic acids is 2. The average molecular weight is 657 g/mol. The Balaban J connectivity index is 1.36. The molecule has 2 heterocycles. The molecule has 2 amide bonds. The molecular formula is C34H39Cl2N3O6. The molecule has 0 aliphatic carbocycles. The number of hydrogen-bond donors (Lipinski definition) is 1. The molecule has 5 rings (SSSR count). The molecule has 2 fully saturated rings. The van der Waals surface area contributed by atoms with Gasteiger partial charge in [-0.15, -0.1) is 0 Å². The number of benzene rings is 3. The Morgan fingerprint density at radius 3 is 2.13 bits per heavy atom. The second kappa shape index (κ2) is 13.9. The Hall–Kier alpha value is -3.50. The number of ether oxygens (including phenoxy) is 4. The predicted molar refractivity (Wildman–Crippen MR) is 173 cm³/mol. The molecule has 0 unspecified atom stereocenters. The van der Waals surface area contributed by atoms with E-state index in [1.807, 2.05) is 30.3 Å². The number of amides is 2. The third-order valence-electron chi connectivity index (χ3n) is 8.87. The van der Waals surface area contributed by atoms with Crippen molar-refractivity contribution in [1.29, 1.82) is 0 Å². The summed E-state index contributed by atoms with van der Waals surface area (Å²) in [5.74, 6) is 0.939. The highest BCUT2D eigenvalue weighted by Crippen LogP contribution is 2.42. The number of piperidine rings is 1. The summed E-state index contributed by atoms with van der Waals surface area (Å²) in [6, 6.07) is 18.9. The maximum atomic E-state index is 13.8. The van der Waals surface area contributed by atoms with Crippen molar-refractivity contribution >= 4 is 35.0 Å². The first-order valence-electron chi connectivity index (χ1n) is 14.9. The summed E-state index contributed by atoms with van der Waals surface area (Å²) in [6.07, 6.45) is 2.18. The van der Waals surface area contributed by atoms with E-state index in [1.54, 1.807) is 30.0 Å². The highest BCUT2D eigenvalue weighted by molar-refractivity contribution is 6.42. The highest BCUT2D eigenvalue weighted by Gasteiger charge is 2.44. The Bertz CT molecular complexity index is 1500. The molecule has 2 aliphatic rings. The summed E-state index contributed by atoms with van der Waals surface area (Å²) in [5, 5.41) is 4.12. The highest BCUT2D eigenvalue weighted by atomic mass is 35.5. The summed E-state index contributed by atoms with van der Waals surface area (Å²) in [5.41, 5.74) is 1.15. The van der Waals surface area contributed by atoms with Crippen molar-refractivity contribution in [2.24, 2.45) is 0 Å². The van der Waals surface area contributed by atoms with Gasteiger partial charge in [-0.3, -0.25) is 9.59 Å². The summed E-state index contributed by atoms with van der Waals surface area (Å²) >= 11 is 12.7. The number of likely N-dealkylation sites (tertiary alicyclic amines) is 1. The van der Waals surface area contributed by atoms with Crippen LogP contribution in [0.4, 0.5) is 0 Å². The lowest BCUT2D eigenvalue weighted by Gasteiger charge is -2.43. The van der Waals surface area contributed by atoms with E-state index in [1.165, 1.54) is 21.3 Å². The van der Waals surface area contributed by atoms with Crippen LogP contribution in [0.2, 0.25) is 10.0 Å². The molecule has 0 saturated carbocycles. The van der Waals surface area contributed by atoms with Crippen molar-refractivity contribution in [2.75, 3.05) is 54.2 Å². The number of methoxy groups -OCH3 is 3. The first kappa shape index (κ1) is 32.9. The average Bonchev–Trinajstić information content (AvgIpc) is 3.50. The van der Waals surface area contributed by atoms with Crippen LogP contribution in [0.3, 0.4) is 0 Å². The van der Waals surface area contributed by atoms with Crippen LogP contribution in [0.5, 0.6) is 17.2 Å². The van der Waals surface area contributed by atoms with E-state index in [2.05, 4.69) is 22.3 Å². The molecule has 0 radical (unpaired) electrons. The van der Waals surface area contributed by atoms with Gasteiger partial charge in [-0.1, -0.05) is 59.6 Å². The van der Waals surface area contributed by atoms with Gasteiger partial charge in [-0.05, 0) is 54.7 Å². The van der Waals surface area contributed by atoms with Gasteiger partial charge in [-0.2, -0.15) is 0 Å². The zero-order chi connectivity index (χ0) is 32.2. The second-order valence-electron chi connectivity index (χ2n) is 11.5. The number of carbonyl (C=O) groups is 2. The van der Waals surface area contributed by atoms with E-state index >= 15 is 0 Å². The van der Waals surface area contributed by atoms with Crippen molar-refractivity contribution in [2.45, 2.75) is 37.3 Å². The molecule has 45 heavy (non-hydrogen) atoms. The van der Waals surface area contributed by atoms with Crippen LogP contribution in [0.1, 0.15) is 47.7 Å². The van der Waals surface area contributed by atoms with E-state index in [4.69, 9.17) is 42.1 Å². The summed E-state index contributed by atoms with van der Waals surface area (Å²) in [7, 11) is 4.55. The Labute approximate surface area is 274 Å². The molecule has 240 valence electrons. The lowest BCUT2D eigenvalue weighted by Crippen LogP contribution is -2.53. The van der Waals surface area contributed by atoms with Gasteiger partial charge in [0.25, 0.3) is 5.91 Å². The molecular weight excluding hydrogens is 617 g/mol. The molecule has 0 spiro atoms. The minimum Gasteiger partial charge on any atom is -0.493 e. The van der Waals surface area contributed by atoms with Gasteiger partial charge in [0, 0.05) is 32.1 Å². The maximum Gasteiger partial charge on any atom is 0.256 e. The lowest BCUT2D eigenvalue weighted by atomic mass is 9.80. The van der Waals surface area contributed by atoms with Crippen LogP contribution in [0, 0.1) is 0 Å². The van der Waals surface area contributed by atoms with Crippen molar-refractivity contribution in [1.82, 2.24) is 15.1 Å². The normalized spacial score (nSPS) is 19.6. The quantitative estimate of drug-likeness (QED) is 0.293. The Morgan fingerprint density at radius 2 is 1.56 bits per heavy atom. The molecule has 3 aromatic rings. The first-order chi connectivity index (χ1) is 21.6. The number of rotatable bonds is 10. The molecule has 0 aromatic heterocycles. The fourth-order valence-corrected chi connectivity index (χ4v) is 6.74. The fourth-order valence-electron chi connectivity index (χ4n) is 6.45. The van der Waals surface area contributed by atoms with Gasteiger partial charge in [0.1, 0.15) is 12.3 Å². The van der Waals surface area contributed by atoms with E-state index < -0.39 is 11.1 Å². The van der Waals surface area contributed by atoms with Crippen LogP contribution in [0.25, 0.3) is 0 Å². The molecule has 3 aromatic carbocycles. The zero-order valence-electron chi connectivity index (χ0n) is 26.0. The molecule has 0 bridgehead atoms. The van der Waals surface area contributed by atoms with Crippen LogP contribution in [-0.2, 0) is 20.7 Å². The summed E-state index contributed by atoms with van der Waals surface area (Å²) < 4.78 is 22.9. The molecule has 11 heteroatoms. The number of hydrogen-bond acceptors (Lipinski definition) is 7. The van der Waals surface area contributed by atoms with Gasteiger partial charge >= 0.3 is 0 Å². The van der Waals surface area contributed by atoms with Crippen LogP contribution in [0.15, 0.2) is 60.7 Å². The monoisotopic (exact) mass is 655 g/mol. The lowest BCUT2D eigenvalue weighted by molar-refractivity contribution is -0.121. The zero-order valence-corrected chi connectivity index (χ0v) is 27.5. The number of halogens is 2. The van der Waals surface area contributed by atoms with Crippen LogP contribution in [-0.4, -0.2) is 75.9 Å². The van der Waals surface area contributed by atoms with Gasteiger partial charge in [0.15, 0.2) is 11.5 Å². The second-order valence-corrected chi connectivity index (χ2v) is 12.3. The van der Waals surface area contributed by atoms with Crippen LogP contribution >= 0.6 is 23.2 Å². The SMILES string of the molecule is COc1cc(C(=O)N2CO[C@](CCN3CCC(NC(C)=O)(c4ccccc4)CC3)(c3ccc(Cl)c(Cl)c3)C2)cc(OC)c1OC. The van der Waals surface area contributed by atoms with Crippen molar-refractivity contribution in [3.05, 3.63) is 87.4 Å². The smallest absolute Gasteiger partial charge is 0.256 e. The van der Waals surface area contributed by atoms with Crippen LogP contribution < -0.4 is 19.5 Å². The minimum absolute atomic E-state index is 0.0397. The Morgan fingerprint density at radius 1 is 0.889 bits per heavy atom. The number of nitrogens with zero attached hydrogens (tertiary/aromatic N) is 2. The van der Waals surface area contributed by atoms with Crippen molar-refractivity contribution in [3.63, 3.8) is 0 Å². The van der Waals surface area contributed by atoms with Crippen molar-refractivity contribution < 1.29 is 28.5 Å². The third-order valence-corrected chi connectivity index (χ3v) is 9.61. The first-order valence-corrected chi connectivity index (χ1v) is 15.6. The Kier molecular flexibility index (Phi) is 10.1. The van der Waals surface area contributed by atoms with Crippen molar-refractivity contribution in [3.8, 4) is 17.2 Å². The fraction of sp³-hybridized carbons (Fsp3) is 0.412. The van der Waals surface area contributed by atoms with E-state index in [9.17, 15) is 9.59 Å². The topological polar surface area (TPSA) is 89.6 Å².